The molecule has 3 aliphatic carbocycles. The molecule has 0 bridgehead atoms. The highest BCUT2D eigenvalue weighted by Gasteiger charge is 2.41. The summed E-state index contributed by atoms with van der Waals surface area (Å²) in [4.78, 5) is 0. The minimum Gasteiger partial charge on any atom is -0.393 e. The van der Waals surface area contributed by atoms with Crippen LogP contribution in [0.1, 0.15) is 79.6 Å². The number of hydrogen-bond acceptors (Lipinski definition) is 3. The molecule has 0 aliphatic heterocycles. The molecule has 3 saturated carbocycles. The first-order valence-corrected chi connectivity index (χ1v) is 12.3. The Balaban J connectivity index is 1.71. The first kappa shape index (κ1) is 24.5. The average molecular weight is 429 g/mol. The number of aliphatic hydroxyl groups is 3. The Morgan fingerprint density at radius 2 is 1.77 bits per heavy atom. The molecule has 3 fully saturated rings. The molecule has 0 amide bonds. The van der Waals surface area contributed by atoms with E-state index in [0.29, 0.717) is 36.5 Å². The molecule has 31 heavy (non-hydrogen) atoms. The van der Waals surface area contributed by atoms with Crippen molar-refractivity contribution in [3.63, 3.8) is 0 Å². The van der Waals surface area contributed by atoms with Crippen molar-refractivity contribution < 1.29 is 15.3 Å². The normalized spacial score (nSPS) is 37.9. The first-order valence-electron chi connectivity index (χ1n) is 12.3. The maximum Gasteiger partial charge on any atom is 0.0847 e. The molecule has 4 unspecified atom stereocenters. The van der Waals surface area contributed by atoms with Crippen LogP contribution in [0.5, 0.6) is 0 Å². The molecule has 0 aromatic rings. The monoisotopic (exact) mass is 428 g/mol. The van der Waals surface area contributed by atoms with Crippen molar-refractivity contribution in [3.05, 3.63) is 47.6 Å². The third kappa shape index (κ3) is 5.43. The van der Waals surface area contributed by atoms with Crippen LogP contribution in [0.3, 0.4) is 0 Å². The zero-order chi connectivity index (χ0) is 23.0. The molecule has 3 nitrogen and oxygen atoms in total. The van der Waals surface area contributed by atoms with Gasteiger partial charge >= 0.3 is 0 Å². The second-order valence-corrected chi connectivity index (χ2v) is 11.6. The summed E-state index contributed by atoms with van der Waals surface area (Å²) in [6.07, 6.45) is 14.7. The largest absolute Gasteiger partial charge is 0.393 e. The maximum absolute atomic E-state index is 10.8. The fraction of sp³-hybridized carbons (Fsp3) is 0.714. The standard InChI is InChI=1S/C28H44O3/c1-18(14-15-28(6,31)27(3,4)5)23-12-13-24-20(8-7-9-25(23)24)10-11-21-16-22(29)17-26(30)19(21)2/h10-11,14-15,18,22-26,29-31H,2,7-9,12-13,16-17H2,1,3-6H3/b15-14+,20-10+,21-11-/t18?,22-,23?,24?,25?,26+,28-/m1/s1. The number of allylic oxidation sites excluding steroid dienone is 4. The molecule has 0 aromatic heterocycles. The fourth-order valence-corrected chi connectivity index (χ4v) is 5.76. The van der Waals surface area contributed by atoms with E-state index in [1.807, 2.05) is 13.0 Å². The van der Waals surface area contributed by atoms with Gasteiger partial charge in [0.1, 0.15) is 0 Å². The molecule has 7 atom stereocenters. The number of aliphatic hydroxyl groups excluding tert-OH is 2. The van der Waals surface area contributed by atoms with Gasteiger partial charge in [-0.2, -0.15) is 0 Å². The van der Waals surface area contributed by atoms with Crippen LogP contribution in [0, 0.1) is 29.1 Å². The highest BCUT2D eigenvalue weighted by molar-refractivity contribution is 5.38. The Bertz CT molecular complexity index is 749. The van der Waals surface area contributed by atoms with Gasteiger partial charge in [-0.25, -0.2) is 0 Å². The SMILES string of the molecule is C=C1/C(=C\C=C2/CCCC3C2CCC3C(C)/C=C/[C@@](C)(O)C(C)(C)C)C[C@@H](O)C[C@@H]1O. The molecular formula is C28H44O3. The van der Waals surface area contributed by atoms with Crippen LogP contribution in [-0.2, 0) is 0 Å². The molecule has 0 spiro atoms. The van der Waals surface area contributed by atoms with Crippen LogP contribution >= 0.6 is 0 Å². The lowest BCUT2D eigenvalue weighted by molar-refractivity contribution is 0.00298. The van der Waals surface area contributed by atoms with Crippen molar-refractivity contribution in [1.82, 2.24) is 0 Å². The van der Waals surface area contributed by atoms with Crippen LogP contribution in [-0.4, -0.2) is 33.1 Å². The van der Waals surface area contributed by atoms with Gasteiger partial charge in [0.25, 0.3) is 0 Å². The van der Waals surface area contributed by atoms with E-state index < -0.39 is 17.8 Å². The average Bonchev–Trinajstić information content (AvgIpc) is 3.11. The molecule has 0 saturated heterocycles. The predicted molar refractivity (Wildman–Crippen MR) is 128 cm³/mol. The number of hydrogen-bond donors (Lipinski definition) is 3. The highest BCUT2D eigenvalue weighted by Crippen LogP contribution is 2.51. The van der Waals surface area contributed by atoms with Crippen LogP contribution in [0.2, 0.25) is 0 Å². The zero-order valence-electron chi connectivity index (χ0n) is 20.3. The molecule has 0 heterocycles. The zero-order valence-corrected chi connectivity index (χ0v) is 20.3. The Morgan fingerprint density at radius 3 is 2.45 bits per heavy atom. The topological polar surface area (TPSA) is 60.7 Å². The summed E-state index contributed by atoms with van der Waals surface area (Å²) >= 11 is 0. The smallest absolute Gasteiger partial charge is 0.0847 e. The van der Waals surface area contributed by atoms with Crippen LogP contribution < -0.4 is 0 Å². The molecule has 3 rings (SSSR count). The van der Waals surface area contributed by atoms with E-state index in [1.54, 1.807) is 0 Å². The van der Waals surface area contributed by atoms with E-state index in [0.717, 1.165) is 17.6 Å². The van der Waals surface area contributed by atoms with Gasteiger partial charge in [0.15, 0.2) is 0 Å². The summed E-state index contributed by atoms with van der Waals surface area (Å²) < 4.78 is 0. The summed E-state index contributed by atoms with van der Waals surface area (Å²) in [5.74, 6) is 2.48. The van der Waals surface area contributed by atoms with E-state index in [2.05, 4.69) is 52.5 Å². The van der Waals surface area contributed by atoms with Crippen LogP contribution in [0.25, 0.3) is 0 Å². The molecule has 0 aromatic carbocycles. The van der Waals surface area contributed by atoms with Gasteiger partial charge in [-0.1, -0.05) is 64.2 Å². The van der Waals surface area contributed by atoms with Gasteiger partial charge < -0.3 is 15.3 Å². The lowest BCUT2D eigenvalue weighted by atomic mass is 9.71. The van der Waals surface area contributed by atoms with Crippen molar-refractivity contribution in [2.45, 2.75) is 97.4 Å². The van der Waals surface area contributed by atoms with Crippen LogP contribution in [0.4, 0.5) is 0 Å². The quantitative estimate of drug-likeness (QED) is 0.501. The summed E-state index contributed by atoms with van der Waals surface area (Å²) in [5, 5.41) is 31.0. The minimum atomic E-state index is -0.805. The molecule has 0 radical (unpaired) electrons. The molecule has 3 aliphatic rings. The van der Waals surface area contributed by atoms with Gasteiger partial charge in [0, 0.05) is 6.42 Å². The fourth-order valence-electron chi connectivity index (χ4n) is 5.76. The Hall–Kier alpha value is -1.16. The van der Waals surface area contributed by atoms with Crippen molar-refractivity contribution in [2.24, 2.45) is 29.1 Å². The van der Waals surface area contributed by atoms with E-state index in [9.17, 15) is 15.3 Å². The van der Waals surface area contributed by atoms with Crippen molar-refractivity contribution in [1.29, 1.82) is 0 Å². The second-order valence-electron chi connectivity index (χ2n) is 11.6. The van der Waals surface area contributed by atoms with Crippen molar-refractivity contribution in [3.8, 4) is 0 Å². The lowest BCUT2D eigenvalue weighted by Gasteiger charge is -2.36. The van der Waals surface area contributed by atoms with E-state index in [4.69, 9.17) is 0 Å². The van der Waals surface area contributed by atoms with Gasteiger partial charge in [-0.05, 0) is 85.7 Å². The molecular weight excluding hydrogens is 384 g/mol. The van der Waals surface area contributed by atoms with E-state index >= 15 is 0 Å². The minimum absolute atomic E-state index is 0.181. The van der Waals surface area contributed by atoms with Crippen molar-refractivity contribution >= 4 is 0 Å². The van der Waals surface area contributed by atoms with E-state index in [-0.39, 0.29) is 5.41 Å². The molecule has 174 valence electrons. The summed E-state index contributed by atoms with van der Waals surface area (Å²) in [6.45, 7) is 14.5. The Labute approximate surface area is 189 Å². The summed E-state index contributed by atoms with van der Waals surface area (Å²) in [7, 11) is 0. The third-order valence-corrected chi connectivity index (χ3v) is 8.54. The van der Waals surface area contributed by atoms with Gasteiger partial charge in [-0.3, -0.25) is 0 Å². The third-order valence-electron chi connectivity index (χ3n) is 8.54. The van der Waals surface area contributed by atoms with Gasteiger partial charge in [0.05, 0.1) is 17.8 Å². The lowest BCUT2D eigenvalue weighted by Crippen LogP contribution is -2.37. The van der Waals surface area contributed by atoms with E-state index in [1.165, 1.54) is 31.3 Å². The van der Waals surface area contributed by atoms with Gasteiger partial charge in [-0.15, -0.1) is 0 Å². The molecule has 3 heteroatoms. The number of rotatable bonds is 4. The maximum atomic E-state index is 10.8. The van der Waals surface area contributed by atoms with Crippen LogP contribution in [0.15, 0.2) is 47.6 Å². The number of fused-ring (bicyclic) bond motifs is 1. The Kier molecular flexibility index (Phi) is 7.40. The second kappa shape index (κ2) is 9.37. The summed E-state index contributed by atoms with van der Waals surface area (Å²) in [6, 6.07) is 0. The molecule has 3 N–H and O–H groups in total. The predicted octanol–water partition coefficient (Wildman–Crippen LogP) is 5.73. The highest BCUT2D eigenvalue weighted by atomic mass is 16.3. The van der Waals surface area contributed by atoms with Crippen molar-refractivity contribution in [2.75, 3.05) is 0 Å². The summed E-state index contributed by atoms with van der Waals surface area (Å²) in [5.41, 5.74) is 2.31. The first-order chi connectivity index (χ1) is 14.4. The van der Waals surface area contributed by atoms with Gasteiger partial charge in [0.2, 0.25) is 0 Å². The Morgan fingerprint density at radius 1 is 1.06 bits per heavy atom.